The highest BCUT2D eigenvalue weighted by Gasteiger charge is 2.27. The number of benzene rings is 2. The average molecular weight is 598 g/mol. The maximum Gasteiger partial charge on any atom is 0.405 e. The average Bonchev–Trinajstić information content (AvgIpc) is 2.88. The molecule has 40 heavy (non-hydrogen) atoms. The van der Waals surface area contributed by atoms with Crippen LogP contribution in [0.3, 0.4) is 0 Å². The maximum absolute atomic E-state index is 13.0. The fourth-order valence-electron chi connectivity index (χ4n) is 3.60. The van der Waals surface area contributed by atoms with E-state index in [-0.39, 0.29) is 50.6 Å². The third-order valence-corrected chi connectivity index (χ3v) is 7.33. The van der Waals surface area contributed by atoms with Crippen LogP contribution in [0.1, 0.15) is 5.56 Å². The van der Waals surface area contributed by atoms with Crippen molar-refractivity contribution in [3.63, 3.8) is 0 Å². The summed E-state index contributed by atoms with van der Waals surface area (Å²) >= 11 is 0. The summed E-state index contributed by atoms with van der Waals surface area (Å²) in [7, 11) is -6.75. The summed E-state index contributed by atoms with van der Waals surface area (Å²) in [6.07, 6.45) is -4.56. The Morgan fingerprint density at radius 3 is 2.17 bits per heavy atom. The Morgan fingerprint density at radius 1 is 0.875 bits per heavy atom. The second kappa shape index (κ2) is 10.8. The SMILES string of the molecule is COc1ccc(-c2ccc3nc(NCc4ccc(S(N)(=O)=O)cc4)nc(NCC(F)(F)F)c3n2)cc1S(N)(=O)=O. The Balaban J connectivity index is 1.71. The molecule has 2 aromatic carbocycles. The summed E-state index contributed by atoms with van der Waals surface area (Å²) in [6.45, 7) is -1.29. The minimum Gasteiger partial charge on any atom is -0.495 e. The number of ether oxygens (including phenoxy) is 1. The van der Waals surface area contributed by atoms with E-state index in [0.717, 1.165) is 0 Å². The lowest BCUT2D eigenvalue weighted by atomic mass is 10.1. The second-order valence-corrected chi connectivity index (χ2v) is 11.5. The lowest BCUT2D eigenvalue weighted by Crippen LogP contribution is -2.22. The quantitative estimate of drug-likeness (QED) is 0.223. The molecule has 0 fully saturated rings. The highest BCUT2D eigenvalue weighted by Crippen LogP contribution is 2.31. The fourth-order valence-corrected chi connectivity index (χ4v) is 4.84. The molecule has 17 heteroatoms. The predicted molar refractivity (Wildman–Crippen MR) is 140 cm³/mol. The van der Waals surface area contributed by atoms with E-state index < -0.39 is 32.8 Å². The summed E-state index contributed by atoms with van der Waals surface area (Å²) in [5, 5.41) is 15.5. The lowest BCUT2D eigenvalue weighted by molar-refractivity contribution is -0.115. The van der Waals surface area contributed by atoms with Gasteiger partial charge in [0.25, 0.3) is 0 Å². The summed E-state index contributed by atoms with van der Waals surface area (Å²) in [5.74, 6) is -0.238. The number of primary sulfonamides is 2. The van der Waals surface area contributed by atoms with Gasteiger partial charge in [-0.1, -0.05) is 12.1 Å². The number of anilines is 2. The van der Waals surface area contributed by atoms with Crippen molar-refractivity contribution in [2.75, 3.05) is 24.3 Å². The molecule has 0 aliphatic heterocycles. The number of alkyl halides is 3. The molecular formula is C23H22F3N7O5S2. The topological polar surface area (TPSA) is 192 Å². The van der Waals surface area contributed by atoms with Crippen molar-refractivity contribution >= 4 is 42.8 Å². The van der Waals surface area contributed by atoms with E-state index >= 15 is 0 Å². The molecule has 4 rings (SSSR count). The van der Waals surface area contributed by atoms with Gasteiger partial charge in [0.1, 0.15) is 22.7 Å². The van der Waals surface area contributed by atoms with Gasteiger partial charge in [-0.05, 0) is 48.0 Å². The predicted octanol–water partition coefficient (Wildman–Crippen LogP) is 2.58. The number of nitrogens with two attached hydrogens (primary N) is 2. The molecule has 0 aliphatic carbocycles. The Kier molecular flexibility index (Phi) is 7.84. The molecule has 2 heterocycles. The summed E-state index contributed by atoms with van der Waals surface area (Å²) in [4.78, 5) is 12.5. The van der Waals surface area contributed by atoms with Crippen LogP contribution in [0.5, 0.6) is 5.75 Å². The number of aromatic nitrogens is 3. The molecule has 0 radical (unpaired) electrons. The smallest absolute Gasteiger partial charge is 0.405 e. The Hall–Kier alpha value is -4.06. The fraction of sp³-hybridized carbons (Fsp3) is 0.174. The molecule has 6 N–H and O–H groups in total. The zero-order valence-electron chi connectivity index (χ0n) is 20.6. The minimum absolute atomic E-state index is 0.00206. The van der Waals surface area contributed by atoms with Crippen LogP contribution in [-0.2, 0) is 26.6 Å². The Bertz CT molecular complexity index is 1780. The normalized spacial score (nSPS) is 12.3. The van der Waals surface area contributed by atoms with Crippen LogP contribution in [0.4, 0.5) is 24.9 Å². The van der Waals surface area contributed by atoms with Crippen LogP contribution in [0, 0.1) is 0 Å². The van der Waals surface area contributed by atoms with E-state index in [4.69, 9.17) is 15.0 Å². The standard InChI is InChI=1S/C23H22F3N7O5S2/c1-38-18-9-4-14(10-19(18)40(28,36)37)16-7-8-17-20(31-16)21(30-12-23(24,25)26)33-22(32-17)29-11-13-2-5-15(6-3-13)39(27,34)35/h2-10H,11-12H2,1H3,(H2,27,34,35)(H2,28,36,37)(H2,29,30,32,33). The third kappa shape index (κ3) is 6.92. The van der Waals surface area contributed by atoms with Crippen molar-refractivity contribution in [3.05, 3.63) is 60.2 Å². The van der Waals surface area contributed by atoms with E-state index in [1.54, 1.807) is 0 Å². The number of nitrogens with one attached hydrogen (secondary N) is 2. The zero-order chi connectivity index (χ0) is 29.3. The van der Waals surface area contributed by atoms with E-state index in [0.29, 0.717) is 11.1 Å². The molecule has 0 spiro atoms. The van der Waals surface area contributed by atoms with E-state index in [2.05, 4.69) is 25.6 Å². The first-order valence-electron chi connectivity index (χ1n) is 11.2. The van der Waals surface area contributed by atoms with Gasteiger partial charge in [-0.3, -0.25) is 0 Å². The molecule has 0 saturated heterocycles. The number of pyridine rings is 1. The first-order valence-corrected chi connectivity index (χ1v) is 14.3. The number of nitrogens with zero attached hydrogens (tertiary/aromatic N) is 3. The van der Waals surface area contributed by atoms with Crippen LogP contribution in [0.25, 0.3) is 22.3 Å². The Labute approximate surface area is 226 Å². The maximum atomic E-state index is 13.0. The minimum atomic E-state index is -4.56. The van der Waals surface area contributed by atoms with Gasteiger partial charge in [0.05, 0.1) is 23.2 Å². The van der Waals surface area contributed by atoms with Gasteiger partial charge in [0, 0.05) is 12.1 Å². The first-order chi connectivity index (χ1) is 18.6. The molecule has 0 saturated carbocycles. The molecule has 4 aromatic rings. The van der Waals surface area contributed by atoms with Crippen molar-refractivity contribution in [3.8, 4) is 17.0 Å². The molecular weight excluding hydrogens is 575 g/mol. The number of rotatable bonds is 9. The second-order valence-electron chi connectivity index (χ2n) is 8.38. The lowest BCUT2D eigenvalue weighted by Gasteiger charge is -2.14. The van der Waals surface area contributed by atoms with Crippen molar-refractivity contribution in [1.82, 2.24) is 15.0 Å². The number of sulfonamides is 2. The van der Waals surface area contributed by atoms with Crippen LogP contribution in [-0.4, -0.2) is 51.6 Å². The summed E-state index contributed by atoms with van der Waals surface area (Å²) < 4.78 is 91.0. The highest BCUT2D eigenvalue weighted by molar-refractivity contribution is 7.89. The van der Waals surface area contributed by atoms with Gasteiger partial charge in [0.2, 0.25) is 26.0 Å². The number of hydrogen-bond acceptors (Lipinski definition) is 10. The summed E-state index contributed by atoms with van der Waals surface area (Å²) in [5.41, 5.74) is 1.33. The molecule has 12 nitrogen and oxygen atoms in total. The molecule has 0 amide bonds. The van der Waals surface area contributed by atoms with Crippen LogP contribution in [0.15, 0.2) is 64.4 Å². The third-order valence-electron chi connectivity index (χ3n) is 5.47. The van der Waals surface area contributed by atoms with Crippen LogP contribution < -0.4 is 25.6 Å². The van der Waals surface area contributed by atoms with Gasteiger partial charge in [-0.25, -0.2) is 37.1 Å². The Morgan fingerprint density at radius 2 is 1.57 bits per heavy atom. The van der Waals surface area contributed by atoms with Gasteiger partial charge in [-0.15, -0.1) is 0 Å². The number of halogens is 3. The highest BCUT2D eigenvalue weighted by atomic mass is 32.2. The molecule has 0 aliphatic rings. The number of methoxy groups -OCH3 is 1. The number of hydrogen-bond donors (Lipinski definition) is 4. The van der Waals surface area contributed by atoms with Crippen molar-refractivity contribution in [2.24, 2.45) is 10.3 Å². The van der Waals surface area contributed by atoms with Crippen LogP contribution in [0.2, 0.25) is 0 Å². The molecule has 0 unspecified atom stereocenters. The largest absolute Gasteiger partial charge is 0.495 e. The monoisotopic (exact) mass is 597 g/mol. The first kappa shape index (κ1) is 28.9. The van der Waals surface area contributed by atoms with Gasteiger partial charge >= 0.3 is 6.18 Å². The summed E-state index contributed by atoms with van der Waals surface area (Å²) in [6, 6.07) is 12.8. The van der Waals surface area contributed by atoms with E-state index in [1.165, 1.54) is 61.7 Å². The number of fused-ring (bicyclic) bond motifs is 1. The molecule has 0 bridgehead atoms. The van der Waals surface area contributed by atoms with Crippen LogP contribution >= 0.6 is 0 Å². The van der Waals surface area contributed by atoms with Crippen molar-refractivity contribution < 1.29 is 34.7 Å². The van der Waals surface area contributed by atoms with E-state index in [9.17, 15) is 30.0 Å². The van der Waals surface area contributed by atoms with Crippen molar-refractivity contribution in [2.45, 2.75) is 22.5 Å². The zero-order valence-corrected chi connectivity index (χ0v) is 22.2. The van der Waals surface area contributed by atoms with Gasteiger partial charge in [0.15, 0.2) is 5.82 Å². The van der Waals surface area contributed by atoms with Gasteiger partial charge < -0.3 is 15.4 Å². The molecule has 0 atom stereocenters. The molecule has 212 valence electrons. The van der Waals surface area contributed by atoms with E-state index in [1.807, 2.05) is 0 Å². The molecule has 2 aromatic heterocycles. The van der Waals surface area contributed by atoms with Gasteiger partial charge in [-0.2, -0.15) is 18.2 Å². The van der Waals surface area contributed by atoms with Crippen molar-refractivity contribution in [1.29, 1.82) is 0 Å².